The monoisotopic (exact) mass is 239 g/mol. The van der Waals surface area contributed by atoms with Crippen molar-refractivity contribution in [3.8, 4) is 0 Å². The predicted octanol–water partition coefficient (Wildman–Crippen LogP) is 0.647. The van der Waals surface area contributed by atoms with Crippen molar-refractivity contribution < 1.29 is 24.5 Å². The van der Waals surface area contributed by atoms with Gasteiger partial charge < -0.3 is 14.9 Å². The third-order valence-corrected chi connectivity index (χ3v) is 2.01. The molecule has 2 rings (SSSR count). The quantitative estimate of drug-likeness (QED) is 0.701. The topological polar surface area (TPSA) is 95.9 Å². The standard InChI is InChI=1S/C8H6O4.C3H7NO/c9-7(10)5-1-2-6(4-3-5)8(11)12;1-2-5-3-4-1/h1-4H,(H,9,10)(H,11,12);4H,1-3H2. The van der Waals surface area contributed by atoms with Crippen LogP contribution in [0.2, 0.25) is 0 Å². The molecule has 0 atom stereocenters. The largest absolute Gasteiger partial charge is 0.478 e. The highest BCUT2D eigenvalue weighted by molar-refractivity contribution is 5.91. The molecule has 1 aromatic carbocycles. The van der Waals surface area contributed by atoms with E-state index in [1.165, 1.54) is 24.3 Å². The Hall–Kier alpha value is -1.92. The molecule has 1 saturated heterocycles. The van der Waals surface area contributed by atoms with Gasteiger partial charge in [-0.3, -0.25) is 5.32 Å². The zero-order valence-corrected chi connectivity index (χ0v) is 9.05. The molecule has 17 heavy (non-hydrogen) atoms. The van der Waals surface area contributed by atoms with E-state index in [9.17, 15) is 9.59 Å². The molecule has 0 amide bonds. The normalized spacial score (nSPS) is 13.6. The average Bonchev–Trinajstić information content (AvgIpc) is 2.87. The maximum Gasteiger partial charge on any atom is 0.335 e. The molecule has 0 radical (unpaired) electrons. The SMILES string of the molecule is C1COCN1.O=C(O)c1ccc(C(=O)O)cc1. The highest BCUT2D eigenvalue weighted by atomic mass is 16.5. The van der Waals surface area contributed by atoms with Gasteiger partial charge in [0.1, 0.15) is 0 Å². The van der Waals surface area contributed by atoms with Crippen molar-refractivity contribution in [3.05, 3.63) is 35.4 Å². The Morgan fingerprint density at radius 2 is 1.53 bits per heavy atom. The average molecular weight is 239 g/mol. The minimum atomic E-state index is -1.06. The number of rotatable bonds is 2. The van der Waals surface area contributed by atoms with Crippen molar-refractivity contribution in [1.29, 1.82) is 0 Å². The lowest BCUT2D eigenvalue weighted by Gasteiger charge is -1.94. The fourth-order valence-electron chi connectivity index (χ4n) is 1.12. The van der Waals surface area contributed by atoms with Gasteiger partial charge in [0, 0.05) is 6.54 Å². The van der Waals surface area contributed by atoms with E-state index in [1.54, 1.807) is 0 Å². The molecule has 0 spiro atoms. The van der Waals surface area contributed by atoms with E-state index in [1.807, 2.05) is 0 Å². The van der Waals surface area contributed by atoms with Crippen LogP contribution in [-0.2, 0) is 4.74 Å². The summed E-state index contributed by atoms with van der Waals surface area (Å²) >= 11 is 0. The lowest BCUT2D eigenvalue weighted by Crippen LogP contribution is -2.05. The van der Waals surface area contributed by atoms with Crippen molar-refractivity contribution >= 4 is 11.9 Å². The van der Waals surface area contributed by atoms with Crippen LogP contribution < -0.4 is 5.32 Å². The number of benzene rings is 1. The molecule has 0 saturated carbocycles. The molecule has 1 aliphatic heterocycles. The first kappa shape index (κ1) is 13.1. The minimum Gasteiger partial charge on any atom is -0.478 e. The van der Waals surface area contributed by atoms with Crippen LogP contribution in [0, 0.1) is 0 Å². The molecule has 3 N–H and O–H groups in total. The van der Waals surface area contributed by atoms with Crippen molar-refractivity contribution in [1.82, 2.24) is 5.32 Å². The lowest BCUT2D eigenvalue weighted by atomic mass is 10.1. The second kappa shape index (κ2) is 6.62. The highest BCUT2D eigenvalue weighted by Crippen LogP contribution is 2.03. The Morgan fingerprint density at radius 1 is 1.06 bits per heavy atom. The maximum atomic E-state index is 10.3. The number of hydrogen-bond acceptors (Lipinski definition) is 4. The fourth-order valence-corrected chi connectivity index (χ4v) is 1.12. The van der Waals surface area contributed by atoms with Gasteiger partial charge in [0.15, 0.2) is 0 Å². The first-order valence-electron chi connectivity index (χ1n) is 4.96. The van der Waals surface area contributed by atoms with Crippen molar-refractivity contribution in [3.63, 3.8) is 0 Å². The van der Waals surface area contributed by atoms with Crippen molar-refractivity contribution in [2.75, 3.05) is 19.9 Å². The number of aromatic carboxylic acids is 2. The molecule has 0 bridgehead atoms. The van der Waals surface area contributed by atoms with E-state index in [0.29, 0.717) is 0 Å². The molecule has 0 aliphatic carbocycles. The number of carbonyl (C=O) groups is 2. The van der Waals surface area contributed by atoms with Gasteiger partial charge in [-0.25, -0.2) is 9.59 Å². The molecular weight excluding hydrogens is 226 g/mol. The number of hydrogen-bond donors (Lipinski definition) is 3. The molecular formula is C11H13NO5. The van der Waals surface area contributed by atoms with Gasteiger partial charge in [-0.15, -0.1) is 0 Å². The molecule has 1 fully saturated rings. The van der Waals surface area contributed by atoms with E-state index in [-0.39, 0.29) is 11.1 Å². The van der Waals surface area contributed by atoms with Crippen LogP contribution in [0.25, 0.3) is 0 Å². The van der Waals surface area contributed by atoms with E-state index in [0.717, 1.165) is 19.9 Å². The summed E-state index contributed by atoms with van der Waals surface area (Å²) in [4.78, 5) is 20.7. The Morgan fingerprint density at radius 3 is 1.71 bits per heavy atom. The number of nitrogens with one attached hydrogen (secondary N) is 1. The summed E-state index contributed by atoms with van der Waals surface area (Å²) in [6.07, 6.45) is 0. The van der Waals surface area contributed by atoms with Gasteiger partial charge in [-0.1, -0.05) is 0 Å². The first-order valence-corrected chi connectivity index (χ1v) is 4.96. The molecule has 1 aromatic rings. The second-order valence-electron chi connectivity index (χ2n) is 3.24. The summed E-state index contributed by atoms with van der Waals surface area (Å²) < 4.78 is 4.83. The van der Waals surface area contributed by atoms with Crippen LogP contribution in [0.15, 0.2) is 24.3 Å². The first-order chi connectivity index (χ1) is 8.11. The summed E-state index contributed by atoms with van der Waals surface area (Å²) in [5.41, 5.74) is 0.167. The van der Waals surface area contributed by atoms with Gasteiger partial charge in [-0.05, 0) is 24.3 Å². The number of carboxylic acid groups (broad SMARTS) is 2. The third kappa shape index (κ3) is 4.62. The highest BCUT2D eigenvalue weighted by Gasteiger charge is 2.04. The lowest BCUT2D eigenvalue weighted by molar-refractivity contribution is 0.0681. The smallest absolute Gasteiger partial charge is 0.335 e. The number of carboxylic acids is 2. The van der Waals surface area contributed by atoms with Crippen LogP contribution >= 0.6 is 0 Å². The molecule has 0 unspecified atom stereocenters. The fraction of sp³-hybridized carbons (Fsp3) is 0.273. The van der Waals surface area contributed by atoms with Gasteiger partial charge in [0.05, 0.1) is 24.5 Å². The van der Waals surface area contributed by atoms with Crippen molar-refractivity contribution in [2.45, 2.75) is 0 Å². The van der Waals surface area contributed by atoms with E-state index < -0.39 is 11.9 Å². The van der Waals surface area contributed by atoms with Crippen LogP contribution in [0.5, 0.6) is 0 Å². The van der Waals surface area contributed by atoms with Gasteiger partial charge in [-0.2, -0.15) is 0 Å². The minimum absolute atomic E-state index is 0.0833. The van der Waals surface area contributed by atoms with Gasteiger partial charge >= 0.3 is 11.9 Å². The Kier molecular flexibility index (Phi) is 5.12. The van der Waals surface area contributed by atoms with Crippen LogP contribution in [0.3, 0.4) is 0 Å². The van der Waals surface area contributed by atoms with Crippen molar-refractivity contribution in [2.24, 2.45) is 0 Å². The van der Waals surface area contributed by atoms with E-state index in [4.69, 9.17) is 14.9 Å². The van der Waals surface area contributed by atoms with Crippen LogP contribution in [0.1, 0.15) is 20.7 Å². The molecule has 1 heterocycles. The Balaban J connectivity index is 0.000000239. The summed E-state index contributed by atoms with van der Waals surface area (Å²) in [6, 6.07) is 5.02. The maximum absolute atomic E-state index is 10.3. The summed E-state index contributed by atoms with van der Waals surface area (Å²) in [6.45, 7) is 2.67. The zero-order chi connectivity index (χ0) is 12.7. The molecule has 1 aliphatic rings. The van der Waals surface area contributed by atoms with E-state index in [2.05, 4.69) is 5.32 Å². The summed E-state index contributed by atoms with van der Waals surface area (Å²) in [5.74, 6) is -2.13. The van der Waals surface area contributed by atoms with Gasteiger partial charge in [0.2, 0.25) is 0 Å². The summed E-state index contributed by atoms with van der Waals surface area (Å²) in [7, 11) is 0. The Bertz CT molecular complexity index is 343. The molecule has 0 aromatic heterocycles. The molecule has 92 valence electrons. The van der Waals surface area contributed by atoms with Crippen LogP contribution in [0.4, 0.5) is 0 Å². The molecule has 6 nitrogen and oxygen atoms in total. The van der Waals surface area contributed by atoms with Crippen LogP contribution in [-0.4, -0.2) is 42.0 Å². The second-order valence-corrected chi connectivity index (χ2v) is 3.24. The third-order valence-electron chi connectivity index (χ3n) is 2.01. The summed E-state index contributed by atoms with van der Waals surface area (Å²) in [5, 5.41) is 19.9. The predicted molar refractivity (Wildman–Crippen MR) is 59.2 cm³/mol. The van der Waals surface area contributed by atoms with E-state index >= 15 is 0 Å². The molecule has 6 heteroatoms. The number of ether oxygens (including phenoxy) is 1. The zero-order valence-electron chi connectivity index (χ0n) is 9.05. The van der Waals surface area contributed by atoms with Gasteiger partial charge in [0.25, 0.3) is 0 Å². The Labute approximate surface area is 97.8 Å².